The molecule has 1 fully saturated rings. The standard InChI is InChI=1S/C13H20F3N5/c1-2-21-5-3-9(4-6-21)8-18-11-7-10(13(14,15)16)19-12(17)20-11/h7,9H,2-6,8H2,1H3,(H3,17,18,19,20). The van der Waals surface area contributed by atoms with Gasteiger partial charge in [0, 0.05) is 12.6 Å². The summed E-state index contributed by atoms with van der Waals surface area (Å²) in [5.74, 6) is 0.208. The minimum absolute atomic E-state index is 0.132. The van der Waals surface area contributed by atoms with Crippen molar-refractivity contribution < 1.29 is 13.2 Å². The number of nitrogens with one attached hydrogen (secondary N) is 1. The highest BCUT2D eigenvalue weighted by atomic mass is 19.4. The fraction of sp³-hybridized carbons (Fsp3) is 0.692. The highest BCUT2D eigenvalue weighted by Gasteiger charge is 2.33. The second-order valence-corrected chi connectivity index (χ2v) is 5.25. The van der Waals surface area contributed by atoms with Gasteiger partial charge < -0.3 is 16.0 Å². The summed E-state index contributed by atoms with van der Waals surface area (Å²) in [6, 6.07) is 0.900. The van der Waals surface area contributed by atoms with Crippen molar-refractivity contribution in [2.45, 2.75) is 25.9 Å². The maximum Gasteiger partial charge on any atom is 0.433 e. The Morgan fingerprint density at radius 3 is 2.57 bits per heavy atom. The highest BCUT2D eigenvalue weighted by molar-refractivity contribution is 5.41. The summed E-state index contributed by atoms with van der Waals surface area (Å²) in [6.45, 7) is 5.83. The Hall–Kier alpha value is -1.57. The zero-order valence-electron chi connectivity index (χ0n) is 12.0. The van der Waals surface area contributed by atoms with Crippen LogP contribution in [-0.2, 0) is 6.18 Å². The third-order valence-electron chi connectivity index (χ3n) is 3.76. The van der Waals surface area contributed by atoms with E-state index in [0.717, 1.165) is 38.5 Å². The molecule has 1 aliphatic rings. The van der Waals surface area contributed by atoms with E-state index < -0.39 is 11.9 Å². The molecule has 0 unspecified atom stereocenters. The molecule has 2 rings (SSSR count). The Bertz CT molecular complexity index is 469. The van der Waals surface area contributed by atoms with Crippen molar-refractivity contribution >= 4 is 11.8 Å². The Morgan fingerprint density at radius 1 is 1.33 bits per heavy atom. The number of nitrogen functional groups attached to an aromatic ring is 1. The summed E-state index contributed by atoms with van der Waals surface area (Å²) in [4.78, 5) is 9.39. The Labute approximate surface area is 121 Å². The molecule has 1 aliphatic heterocycles. The van der Waals surface area contributed by atoms with E-state index in [1.54, 1.807) is 0 Å². The molecule has 2 heterocycles. The van der Waals surface area contributed by atoms with Crippen molar-refractivity contribution in [1.82, 2.24) is 14.9 Å². The lowest BCUT2D eigenvalue weighted by Crippen LogP contribution is -2.35. The van der Waals surface area contributed by atoms with E-state index >= 15 is 0 Å². The monoisotopic (exact) mass is 303 g/mol. The molecule has 0 bridgehead atoms. The molecule has 0 spiro atoms. The summed E-state index contributed by atoms with van der Waals surface area (Å²) in [7, 11) is 0. The Balaban J connectivity index is 1.93. The summed E-state index contributed by atoms with van der Waals surface area (Å²) in [6.07, 6.45) is -2.44. The van der Waals surface area contributed by atoms with Gasteiger partial charge in [0.25, 0.3) is 0 Å². The van der Waals surface area contributed by atoms with Crippen LogP contribution in [0, 0.1) is 5.92 Å². The third-order valence-corrected chi connectivity index (χ3v) is 3.76. The Morgan fingerprint density at radius 2 is 2.00 bits per heavy atom. The van der Waals surface area contributed by atoms with E-state index in [1.165, 1.54) is 0 Å². The molecule has 21 heavy (non-hydrogen) atoms. The molecule has 0 aliphatic carbocycles. The summed E-state index contributed by atoms with van der Waals surface area (Å²) >= 11 is 0. The smallest absolute Gasteiger partial charge is 0.370 e. The first-order valence-corrected chi connectivity index (χ1v) is 7.06. The van der Waals surface area contributed by atoms with Gasteiger partial charge in [-0.2, -0.15) is 18.2 Å². The molecule has 3 N–H and O–H groups in total. The summed E-state index contributed by atoms with van der Waals surface area (Å²) in [5.41, 5.74) is 4.32. The van der Waals surface area contributed by atoms with Crippen LogP contribution in [0.3, 0.4) is 0 Å². The van der Waals surface area contributed by atoms with Gasteiger partial charge >= 0.3 is 6.18 Å². The normalized spacial score (nSPS) is 17.9. The zero-order chi connectivity index (χ0) is 15.5. The quantitative estimate of drug-likeness (QED) is 0.893. The predicted molar refractivity (Wildman–Crippen MR) is 74.8 cm³/mol. The number of rotatable bonds is 4. The molecule has 0 atom stereocenters. The number of hydrogen-bond donors (Lipinski definition) is 2. The second kappa shape index (κ2) is 6.46. The zero-order valence-corrected chi connectivity index (χ0v) is 12.0. The van der Waals surface area contributed by atoms with Gasteiger partial charge in [-0.1, -0.05) is 6.92 Å². The number of piperidine rings is 1. The van der Waals surface area contributed by atoms with Gasteiger partial charge in [0.05, 0.1) is 0 Å². The van der Waals surface area contributed by atoms with Crippen molar-refractivity contribution in [3.63, 3.8) is 0 Å². The molecular formula is C13H20F3N5. The predicted octanol–water partition coefficient (Wildman–Crippen LogP) is 2.22. The molecular weight excluding hydrogens is 283 g/mol. The molecule has 1 aromatic heterocycles. The molecule has 118 valence electrons. The van der Waals surface area contributed by atoms with E-state index in [0.29, 0.717) is 12.5 Å². The van der Waals surface area contributed by atoms with Crippen LogP contribution in [0.1, 0.15) is 25.5 Å². The molecule has 1 saturated heterocycles. The molecule has 1 aromatic rings. The van der Waals surface area contributed by atoms with Crippen LogP contribution in [0.2, 0.25) is 0 Å². The molecule has 0 aromatic carbocycles. The third kappa shape index (κ3) is 4.45. The van der Waals surface area contributed by atoms with E-state index in [2.05, 4.69) is 27.1 Å². The average Bonchev–Trinajstić information content (AvgIpc) is 2.44. The number of nitrogens with zero attached hydrogens (tertiary/aromatic N) is 3. The maximum absolute atomic E-state index is 12.6. The molecule has 5 nitrogen and oxygen atoms in total. The number of aromatic nitrogens is 2. The highest BCUT2D eigenvalue weighted by Crippen LogP contribution is 2.29. The lowest BCUT2D eigenvalue weighted by molar-refractivity contribution is -0.141. The first-order valence-electron chi connectivity index (χ1n) is 7.06. The number of hydrogen-bond acceptors (Lipinski definition) is 5. The number of alkyl halides is 3. The fourth-order valence-electron chi connectivity index (χ4n) is 2.46. The van der Waals surface area contributed by atoms with Gasteiger partial charge in [-0.15, -0.1) is 0 Å². The second-order valence-electron chi connectivity index (χ2n) is 5.25. The number of nitrogens with two attached hydrogens (primary N) is 1. The van der Waals surface area contributed by atoms with Crippen LogP contribution in [0.5, 0.6) is 0 Å². The number of halogens is 3. The van der Waals surface area contributed by atoms with E-state index in [-0.39, 0.29) is 11.8 Å². The van der Waals surface area contributed by atoms with Crippen molar-refractivity contribution in [1.29, 1.82) is 0 Å². The van der Waals surface area contributed by atoms with E-state index in [1.807, 2.05) is 0 Å². The van der Waals surface area contributed by atoms with E-state index in [4.69, 9.17) is 5.73 Å². The van der Waals surface area contributed by atoms with Crippen molar-refractivity contribution in [3.8, 4) is 0 Å². The van der Waals surface area contributed by atoms with Crippen LogP contribution in [0.25, 0.3) is 0 Å². The van der Waals surface area contributed by atoms with Crippen molar-refractivity contribution in [2.24, 2.45) is 5.92 Å². The minimum atomic E-state index is -4.51. The van der Waals surface area contributed by atoms with E-state index in [9.17, 15) is 13.2 Å². The fourth-order valence-corrected chi connectivity index (χ4v) is 2.46. The van der Waals surface area contributed by atoms with Crippen LogP contribution >= 0.6 is 0 Å². The van der Waals surface area contributed by atoms with Gasteiger partial charge in [-0.25, -0.2) is 4.98 Å². The first-order chi connectivity index (χ1) is 9.88. The number of anilines is 2. The maximum atomic E-state index is 12.6. The molecule has 0 saturated carbocycles. The largest absolute Gasteiger partial charge is 0.433 e. The van der Waals surface area contributed by atoms with Crippen LogP contribution in [0.4, 0.5) is 24.9 Å². The lowest BCUT2D eigenvalue weighted by atomic mass is 9.97. The van der Waals surface area contributed by atoms with Gasteiger partial charge in [-0.05, 0) is 38.4 Å². The molecule has 0 amide bonds. The van der Waals surface area contributed by atoms with Crippen LogP contribution in [-0.4, -0.2) is 41.0 Å². The van der Waals surface area contributed by atoms with Gasteiger partial charge in [0.2, 0.25) is 5.95 Å². The van der Waals surface area contributed by atoms with Crippen molar-refractivity contribution in [2.75, 3.05) is 37.2 Å². The summed E-state index contributed by atoms with van der Waals surface area (Å²) < 4.78 is 37.9. The molecule has 8 heteroatoms. The number of likely N-dealkylation sites (tertiary alicyclic amines) is 1. The SMILES string of the molecule is CCN1CCC(CNc2cc(C(F)(F)F)nc(N)n2)CC1. The topological polar surface area (TPSA) is 67.1 Å². The van der Waals surface area contributed by atoms with Gasteiger partial charge in [-0.3, -0.25) is 0 Å². The van der Waals surface area contributed by atoms with Crippen molar-refractivity contribution in [3.05, 3.63) is 11.8 Å². The Kier molecular flexibility index (Phi) is 4.87. The minimum Gasteiger partial charge on any atom is -0.370 e. The summed E-state index contributed by atoms with van der Waals surface area (Å²) in [5, 5.41) is 2.95. The first kappa shape index (κ1) is 15.8. The van der Waals surface area contributed by atoms with Crippen LogP contribution < -0.4 is 11.1 Å². The lowest BCUT2D eigenvalue weighted by Gasteiger charge is -2.31. The molecule has 0 radical (unpaired) electrons. The van der Waals surface area contributed by atoms with Gasteiger partial charge in [0.15, 0.2) is 5.69 Å². The average molecular weight is 303 g/mol. The van der Waals surface area contributed by atoms with Gasteiger partial charge in [0.1, 0.15) is 5.82 Å². The van der Waals surface area contributed by atoms with Crippen LogP contribution in [0.15, 0.2) is 6.07 Å².